The molecule has 0 heterocycles. The number of hydrogen-bond donors (Lipinski definition) is 2. The molecule has 8 heteroatoms. The fourth-order valence-corrected chi connectivity index (χ4v) is 2.88. The molecular formula is C23H32N2O6. The second-order valence-corrected chi connectivity index (χ2v) is 6.21. The Kier molecular flexibility index (Phi) is 9.61. The van der Waals surface area contributed by atoms with Gasteiger partial charge in [0.15, 0.2) is 23.0 Å². The van der Waals surface area contributed by atoms with Gasteiger partial charge in [-0.05, 0) is 46.8 Å². The summed E-state index contributed by atoms with van der Waals surface area (Å²) in [4.78, 5) is 12.6. The van der Waals surface area contributed by atoms with E-state index in [2.05, 4.69) is 10.6 Å². The van der Waals surface area contributed by atoms with Crippen LogP contribution >= 0.6 is 0 Å². The molecule has 0 unspecified atom stereocenters. The molecule has 0 bridgehead atoms. The average Bonchev–Trinajstić information content (AvgIpc) is 2.73. The van der Waals surface area contributed by atoms with E-state index in [0.29, 0.717) is 73.2 Å². The van der Waals surface area contributed by atoms with E-state index >= 15 is 0 Å². The quantitative estimate of drug-likeness (QED) is 0.472. The van der Waals surface area contributed by atoms with Gasteiger partial charge in [-0.1, -0.05) is 0 Å². The van der Waals surface area contributed by atoms with Crippen LogP contribution in [0.5, 0.6) is 28.7 Å². The number of carbonyl (C=O) groups excluding carboxylic acids is 1. The van der Waals surface area contributed by atoms with Crippen LogP contribution in [0.15, 0.2) is 30.3 Å². The molecular weight excluding hydrogens is 400 g/mol. The number of urea groups is 1. The molecule has 0 aromatic heterocycles. The number of hydrogen-bond acceptors (Lipinski definition) is 6. The molecule has 0 radical (unpaired) electrons. The Labute approximate surface area is 183 Å². The zero-order valence-corrected chi connectivity index (χ0v) is 18.9. The molecule has 0 aliphatic rings. The third-order valence-corrected chi connectivity index (χ3v) is 3.97. The van der Waals surface area contributed by atoms with E-state index in [1.54, 1.807) is 30.3 Å². The number of nitrogens with one attached hydrogen (secondary N) is 2. The Morgan fingerprint density at radius 1 is 0.613 bits per heavy atom. The summed E-state index contributed by atoms with van der Waals surface area (Å²) in [6.45, 7) is 11.8. The van der Waals surface area contributed by atoms with E-state index in [1.807, 2.05) is 34.6 Å². The molecule has 2 aromatic carbocycles. The summed E-state index contributed by atoms with van der Waals surface area (Å²) < 4.78 is 28.2. The first-order valence-corrected chi connectivity index (χ1v) is 10.6. The molecule has 31 heavy (non-hydrogen) atoms. The Bertz CT molecular complexity index is 829. The zero-order valence-electron chi connectivity index (χ0n) is 18.9. The Hall–Kier alpha value is -3.29. The molecule has 0 atom stereocenters. The standard InChI is InChI=1S/C23H32N2O6/c1-6-27-18-12-11-16(13-19(18)28-7-2)24-23(26)25-17-14-20(29-8-3)22(31-10-5)21(15-17)30-9-4/h11-15H,6-10H2,1-5H3,(H2,24,25,26). The highest BCUT2D eigenvalue weighted by molar-refractivity contribution is 6.00. The summed E-state index contributed by atoms with van der Waals surface area (Å²) in [5.41, 5.74) is 1.09. The summed E-state index contributed by atoms with van der Waals surface area (Å²) in [6.07, 6.45) is 0. The van der Waals surface area contributed by atoms with Crippen molar-refractivity contribution in [2.24, 2.45) is 0 Å². The van der Waals surface area contributed by atoms with Gasteiger partial charge in [0.1, 0.15) is 0 Å². The van der Waals surface area contributed by atoms with Crippen molar-refractivity contribution >= 4 is 17.4 Å². The van der Waals surface area contributed by atoms with Gasteiger partial charge in [-0.25, -0.2) is 4.79 Å². The number of ether oxygens (including phenoxy) is 5. The summed E-state index contributed by atoms with van der Waals surface area (Å²) in [6, 6.07) is 8.24. The van der Waals surface area contributed by atoms with Gasteiger partial charge in [0.05, 0.1) is 38.7 Å². The molecule has 2 amide bonds. The number of benzene rings is 2. The smallest absolute Gasteiger partial charge is 0.323 e. The lowest BCUT2D eigenvalue weighted by Crippen LogP contribution is -2.19. The van der Waals surface area contributed by atoms with Gasteiger partial charge in [0, 0.05) is 23.9 Å². The molecule has 0 fully saturated rings. The van der Waals surface area contributed by atoms with E-state index in [4.69, 9.17) is 23.7 Å². The highest BCUT2D eigenvalue weighted by atomic mass is 16.5. The van der Waals surface area contributed by atoms with E-state index in [9.17, 15) is 4.79 Å². The average molecular weight is 433 g/mol. The largest absolute Gasteiger partial charge is 0.490 e. The van der Waals surface area contributed by atoms with E-state index in [0.717, 1.165) is 0 Å². The van der Waals surface area contributed by atoms with Crippen LogP contribution in [0.1, 0.15) is 34.6 Å². The van der Waals surface area contributed by atoms with Crippen LogP contribution in [0.4, 0.5) is 16.2 Å². The predicted molar refractivity (Wildman–Crippen MR) is 121 cm³/mol. The minimum atomic E-state index is -0.416. The summed E-state index contributed by atoms with van der Waals surface area (Å²) >= 11 is 0. The zero-order chi connectivity index (χ0) is 22.6. The third-order valence-electron chi connectivity index (χ3n) is 3.97. The van der Waals surface area contributed by atoms with Gasteiger partial charge in [-0.2, -0.15) is 0 Å². The second-order valence-electron chi connectivity index (χ2n) is 6.21. The van der Waals surface area contributed by atoms with Crippen molar-refractivity contribution in [1.82, 2.24) is 0 Å². The van der Waals surface area contributed by atoms with Crippen molar-refractivity contribution in [2.75, 3.05) is 43.7 Å². The fraction of sp³-hybridized carbons (Fsp3) is 0.435. The predicted octanol–water partition coefficient (Wildman–Crippen LogP) is 5.32. The van der Waals surface area contributed by atoms with E-state index in [1.165, 1.54) is 0 Å². The van der Waals surface area contributed by atoms with Gasteiger partial charge in [0.2, 0.25) is 5.75 Å². The first-order chi connectivity index (χ1) is 15.1. The maximum Gasteiger partial charge on any atom is 0.323 e. The SMILES string of the molecule is CCOc1ccc(NC(=O)Nc2cc(OCC)c(OCC)c(OCC)c2)cc1OCC. The van der Waals surface area contributed by atoms with Gasteiger partial charge < -0.3 is 34.3 Å². The molecule has 0 aliphatic carbocycles. The summed E-state index contributed by atoms with van der Waals surface area (Å²) in [5, 5.41) is 5.61. The number of amides is 2. The highest BCUT2D eigenvalue weighted by Crippen LogP contribution is 2.41. The monoisotopic (exact) mass is 432 g/mol. The lowest BCUT2D eigenvalue weighted by molar-refractivity contribution is 0.260. The van der Waals surface area contributed by atoms with Gasteiger partial charge >= 0.3 is 6.03 Å². The molecule has 2 rings (SSSR count). The molecule has 0 aliphatic heterocycles. The van der Waals surface area contributed by atoms with Crippen molar-refractivity contribution in [3.8, 4) is 28.7 Å². The Morgan fingerprint density at radius 2 is 1.06 bits per heavy atom. The lowest BCUT2D eigenvalue weighted by Gasteiger charge is -2.18. The van der Waals surface area contributed by atoms with Crippen molar-refractivity contribution in [1.29, 1.82) is 0 Å². The first-order valence-electron chi connectivity index (χ1n) is 10.6. The Morgan fingerprint density at radius 3 is 1.61 bits per heavy atom. The fourth-order valence-electron chi connectivity index (χ4n) is 2.88. The van der Waals surface area contributed by atoms with Crippen LogP contribution in [0, 0.1) is 0 Å². The molecule has 0 saturated carbocycles. The molecule has 2 aromatic rings. The highest BCUT2D eigenvalue weighted by Gasteiger charge is 2.16. The van der Waals surface area contributed by atoms with Crippen molar-refractivity contribution in [3.05, 3.63) is 30.3 Å². The van der Waals surface area contributed by atoms with E-state index < -0.39 is 6.03 Å². The first kappa shape index (κ1) is 24.0. The summed E-state index contributed by atoms with van der Waals surface area (Å²) in [5.74, 6) is 2.73. The molecule has 2 N–H and O–H groups in total. The number of anilines is 2. The van der Waals surface area contributed by atoms with E-state index in [-0.39, 0.29) is 0 Å². The molecule has 0 spiro atoms. The van der Waals surface area contributed by atoms with Crippen LogP contribution in [0.3, 0.4) is 0 Å². The van der Waals surface area contributed by atoms with Crippen LogP contribution in [-0.4, -0.2) is 39.1 Å². The lowest BCUT2D eigenvalue weighted by atomic mass is 10.2. The Balaban J connectivity index is 2.21. The van der Waals surface area contributed by atoms with Crippen LogP contribution in [0.25, 0.3) is 0 Å². The number of carbonyl (C=O) groups is 1. The normalized spacial score (nSPS) is 10.2. The third kappa shape index (κ3) is 6.87. The minimum absolute atomic E-state index is 0.416. The maximum atomic E-state index is 12.6. The van der Waals surface area contributed by atoms with Crippen LogP contribution < -0.4 is 34.3 Å². The topological polar surface area (TPSA) is 87.3 Å². The van der Waals surface area contributed by atoms with Crippen LogP contribution in [0.2, 0.25) is 0 Å². The van der Waals surface area contributed by atoms with Crippen LogP contribution in [-0.2, 0) is 0 Å². The second kappa shape index (κ2) is 12.4. The van der Waals surface area contributed by atoms with Crippen molar-refractivity contribution in [2.45, 2.75) is 34.6 Å². The minimum Gasteiger partial charge on any atom is -0.490 e. The molecule has 170 valence electrons. The van der Waals surface area contributed by atoms with Crippen molar-refractivity contribution < 1.29 is 28.5 Å². The van der Waals surface area contributed by atoms with Gasteiger partial charge in [-0.15, -0.1) is 0 Å². The molecule has 0 saturated heterocycles. The summed E-state index contributed by atoms with van der Waals surface area (Å²) in [7, 11) is 0. The van der Waals surface area contributed by atoms with Gasteiger partial charge in [0.25, 0.3) is 0 Å². The van der Waals surface area contributed by atoms with Crippen molar-refractivity contribution in [3.63, 3.8) is 0 Å². The molecule has 8 nitrogen and oxygen atoms in total. The maximum absolute atomic E-state index is 12.6. The number of rotatable bonds is 12. The van der Waals surface area contributed by atoms with Gasteiger partial charge in [-0.3, -0.25) is 0 Å².